The SMILES string of the molecule is COC[C@@H]1CN(c2cc(F)c([C@H]3CCC(=O)NC3=O)c(F)c2)CCN1C(=O)C1CN(c2ccc3nc4n(c3c2)C[C@H](C)CCCOc2c(cnn2C)-c2cc(cc(C)n2)C(=O)N4)C1. The second-order valence-corrected chi connectivity index (χ2v) is 17.2. The van der Waals surface area contributed by atoms with Crippen LogP contribution >= 0.6 is 0 Å². The third-order valence-corrected chi connectivity index (χ3v) is 12.6. The summed E-state index contributed by atoms with van der Waals surface area (Å²) >= 11 is 0. The fourth-order valence-electron chi connectivity index (χ4n) is 9.33. The molecule has 16 nitrogen and oxygen atoms in total. The number of nitrogens with zero attached hydrogens (tertiary/aromatic N) is 8. The van der Waals surface area contributed by atoms with Crippen LogP contribution in [0.1, 0.15) is 60.1 Å². The minimum Gasteiger partial charge on any atom is -0.477 e. The molecule has 2 N–H and O–H groups in total. The van der Waals surface area contributed by atoms with Crippen LogP contribution in [0.15, 0.2) is 48.7 Å². The van der Waals surface area contributed by atoms with Gasteiger partial charge in [-0.2, -0.15) is 5.10 Å². The molecule has 0 radical (unpaired) electrons. The molecular formula is C45H50F2N10O6. The maximum Gasteiger partial charge on any atom is 0.258 e. The van der Waals surface area contributed by atoms with Gasteiger partial charge in [0.25, 0.3) is 5.91 Å². The van der Waals surface area contributed by atoms with Crippen LogP contribution in [-0.4, -0.2) is 112 Å². The number of anilines is 3. The van der Waals surface area contributed by atoms with Crippen molar-refractivity contribution in [1.82, 2.24) is 34.5 Å². The van der Waals surface area contributed by atoms with Gasteiger partial charge in [0.2, 0.25) is 29.5 Å². The molecule has 0 spiro atoms. The lowest BCUT2D eigenvalue weighted by Gasteiger charge is -2.47. The summed E-state index contributed by atoms with van der Waals surface area (Å²) in [4.78, 5) is 67.3. The van der Waals surface area contributed by atoms with Gasteiger partial charge < -0.3 is 28.7 Å². The van der Waals surface area contributed by atoms with E-state index in [0.717, 1.165) is 29.6 Å². The average molecular weight is 865 g/mol. The van der Waals surface area contributed by atoms with E-state index in [0.29, 0.717) is 85.9 Å². The van der Waals surface area contributed by atoms with Crippen molar-refractivity contribution in [3.63, 3.8) is 0 Å². The molecule has 18 heteroatoms. The molecule has 3 saturated heterocycles. The van der Waals surface area contributed by atoms with Crippen molar-refractivity contribution in [2.75, 3.05) is 68.2 Å². The number of carbonyl (C=O) groups is 4. The van der Waals surface area contributed by atoms with Crippen LogP contribution in [0.3, 0.4) is 0 Å². The molecule has 5 aromatic rings. The highest BCUT2D eigenvalue weighted by Gasteiger charge is 2.41. The maximum atomic E-state index is 15.5. The summed E-state index contributed by atoms with van der Waals surface area (Å²) in [6, 6.07) is 11.6. The fraction of sp³-hybridized carbons (Fsp3) is 0.444. The van der Waals surface area contributed by atoms with Gasteiger partial charge in [-0.3, -0.25) is 34.8 Å². The van der Waals surface area contributed by atoms with Crippen molar-refractivity contribution in [3.05, 3.63) is 77.1 Å². The van der Waals surface area contributed by atoms with Crippen LogP contribution in [0, 0.1) is 30.4 Å². The lowest BCUT2D eigenvalue weighted by Crippen LogP contribution is -2.62. The normalized spacial score (nSPS) is 21.1. The summed E-state index contributed by atoms with van der Waals surface area (Å²) in [5.41, 5.74) is 4.91. The first-order valence-corrected chi connectivity index (χ1v) is 21.4. The van der Waals surface area contributed by atoms with Crippen LogP contribution in [0.4, 0.5) is 26.1 Å². The van der Waals surface area contributed by atoms with Gasteiger partial charge in [0.1, 0.15) is 11.6 Å². The van der Waals surface area contributed by atoms with E-state index in [1.165, 1.54) is 12.1 Å². The van der Waals surface area contributed by atoms with Crippen LogP contribution in [0.5, 0.6) is 5.88 Å². The molecule has 2 bridgehead atoms. The van der Waals surface area contributed by atoms with E-state index >= 15 is 8.78 Å². The smallest absolute Gasteiger partial charge is 0.258 e. The van der Waals surface area contributed by atoms with E-state index in [4.69, 9.17) is 19.4 Å². The van der Waals surface area contributed by atoms with E-state index in [2.05, 4.69) is 38.2 Å². The number of carbonyl (C=O) groups excluding carboxylic acids is 4. The number of pyridine rings is 1. The third-order valence-electron chi connectivity index (χ3n) is 12.6. The zero-order valence-corrected chi connectivity index (χ0v) is 35.7. The average Bonchev–Trinajstić information content (AvgIpc) is 3.76. The highest BCUT2D eigenvalue weighted by Crippen LogP contribution is 2.36. The second-order valence-electron chi connectivity index (χ2n) is 17.2. The Hall–Kier alpha value is -6.43. The number of fused-ring (bicyclic) bond motifs is 7. The van der Waals surface area contributed by atoms with E-state index in [1.807, 2.05) is 35.9 Å². The van der Waals surface area contributed by atoms with Crippen molar-refractivity contribution in [3.8, 4) is 17.1 Å². The van der Waals surface area contributed by atoms with Gasteiger partial charge in [0, 0.05) is 88.0 Å². The Bertz CT molecular complexity index is 2600. The largest absolute Gasteiger partial charge is 0.477 e. The molecule has 7 heterocycles. The van der Waals surface area contributed by atoms with Crippen LogP contribution in [-0.2, 0) is 32.7 Å². The number of imidazole rings is 1. The number of halogens is 2. The van der Waals surface area contributed by atoms with E-state index in [-0.39, 0.29) is 54.7 Å². The first kappa shape index (κ1) is 41.9. The summed E-state index contributed by atoms with van der Waals surface area (Å²) in [5.74, 6) is -3.29. The van der Waals surface area contributed by atoms with Crippen LogP contribution in [0.2, 0.25) is 0 Å². The lowest BCUT2D eigenvalue weighted by molar-refractivity contribution is -0.140. The molecule has 63 heavy (non-hydrogen) atoms. The Morgan fingerprint density at radius 2 is 1.73 bits per heavy atom. The highest BCUT2D eigenvalue weighted by atomic mass is 19.1. The summed E-state index contributed by atoms with van der Waals surface area (Å²) in [5, 5.41) is 9.65. The van der Waals surface area contributed by atoms with E-state index in [9.17, 15) is 19.2 Å². The Kier molecular flexibility index (Phi) is 11.3. The number of amides is 4. The highest BCUT2D eigenvalue weighted by molar-refractivity contribution is 6.05. The molecule has 0 aliphatic carbocycles. The van der Waals surface area contributed by atoms with E-state index < -0.39 is 29.4 Å². The number of aryl methyl sites for hydroxylation is 2. The summed E-state index contributed by atoms with van der Waals surface area (Å²) in [7, 11) is 3.38. The third kappa shape index (κ3) is 8.19. The number of benzene rings is 2. The van der Waals surface area contributed by atoms with Gasteiger partial charge in [-0.1, -0.05) is 6.92 Å². The minimum absolute atomic E-state index is 0.00710. The monoisotopic (exact) mass is 864 g/mol. The predicted molar refractivity (Wildman–Crippen MR) is 230 cm³/mol. The van der Waals surface area contributed by atoms with Gasteiger partial charge in [-0.05, 0) is 74.6 Å². The number of aromatic nitrogens is 5. The molecule has 4 aliphatic rings. The number of hydrogen-bond acceptors (Lipinski definition) is 11. The molecule has 0 unspecified atom stereocenters. The number of hydrogen-bond donors (Lipinski definition) is 2. The zero-order valence-electron chi connectivity index (χ0n) is 35.7. The quantitative estimate of drug-likeness (QED) is 0.225. The summed E-state index contributed by atoms with van der Waals surface area (Å²) in [6.45, 7) is 7.31. The summed E-state index contributed by atoms with van der Waals surface area (Å²) < 4.78 is 46.4. The Labute approximate surface area is 362 Å². The van der Waals surface area contributed by atoms with Gasteiger partial charge in [-0.15, -0.1) is 0 Å². The molecular weight excluding hydrogens is 815 g/mol. The molecule has 330 valence electrons. The molecule has 3 aromatic heterocycles. The maximum absolute atomic E-state index is 15.5. The fourth-order valence-corrected chi connectivity index (χ4v) is 9.33. The first-order chi connectivity index (χ1) is 30.3. The minimum atomic E-state index is -1.09. The zero-order chi connectivity index (χ0) is 44.1. The molecule has 4 amide bonds. The van der Waals surface area contributed by atoms with Crippen molar-refractivity contribution >= 4 is 52.0 Å². The summed E-state index contributed by atoms with van der Waals surface area (Å²) in [6.07, 6.45) is 3.41. The second kappa shape index (κ2) is 17.0. The molecule has 4 aliphatic heterocycles. The number of piperazine rings is 1. The number of nitrogens with one attached hydrogen (secondary N) is 2. The van der Waals surface area contributed by atoms with Gasteiger partial charge in [0.05, 0.1) is 59.6 Å². The van der Waals surface area contributed by atoms with Crippen molar-refractivity contribution in [2.24, 2.45) is 18.9 Å². The Morgan fingerprint density at radius 3 is 2.49 bits per heavy atom. The molecule has 3 fully saturated rings. The molecule has 0 saturated carbocycles. The van der Waals surface area contributed by atoms with Gasteiger partial charge >= 0.3 is 0 Å². The number of piperidine rings is 1. The Balaban J connectivity index is 0.897. The molecule has 9 rings (SSSR count). The van der Waals surface area contributed by atoms with Crippen LogP contribution in [0.25, 0.3) is 22.3 Å². The number of imide groups is 1. The first-order valence-electron chi connectivity index (χ1n) is 21.4. The number of methoxy groups -OCH3 is 1. The van der Waals surface area contributed by atoms with Crippen molar-refractivity contribution < 1.29 is 37.4 Å². The molecule has 3 atom stereocenters. The van der Waals surface area contributed by atoms with E-state index in [1.54, 1.807) is 30.1 Å². The van der Waals surface area contributed by atoms with Gasteiger partial charge in [-0.25, -0.2) is 18.4 Å². The van der Waals surface area contributed by atoms with Crippen LogP contribution < -0.4 is 25.2 Å². The predicted octanol–water partition coefficient (Wildman–Crippen LogP) is 4.80. The van der Waals surface area contributed by atoms with Crippen molar-refractivity contribution in [1.29, 1.82) is 0 Å². The van der Waals surface area contributed by atoms with Crippen molar-refractivity contribution in [2.45, 2.75) is 58.0 Å². The lowest BCUT2D eigenvalue weighted by atomic mass is 9.89. The number of ether oxygens (including phenoxy) is 2. The Morgan fingerprint density at radius 1 is 0.937 bits per heavy atom. The topological polar surface area (TPSA) is 169 Å². The number of rotatable bonds is 6. The molecule has 2 aromatic carbocycles. The van der Waals surface area contributed by atoms with Gasteiger partial charge in [0.15, 0.2) is 0 Å². The standard InChI is InChI=1S/C45H50F2N10O6/c1-25-6-5-13-63-44-33(19-48-53(44)3)37-15-27(14-26(2)49-37)41(59)52-45-50-36-9-7-29(18-38(36)57(45)20-25)55-21-28(22-55)43(61)56-12-11-54(23-31(56)24-62-4)30-16-34(46)40(35(47)17-30)32-8-10-39(58)51-42(32)60/h7,9,14-19,25,28,31-32H,5-6,8,10-13,20-24H2,1-4H3,(H,50,52,59)(H,51,58,60)/t25-,31+,32-/m1/s1.